The Kier molecular flexibility index (Phi) is 5.92. The van der Waals surface area contributed by atoms with Gasteiger partial charge in [-0.2, -0.15) is 0 Å². The lowest BCUT2D eigenvalue weighted by molar-refractivity contribution is -0.000927. The number of amides is 1. The van der Waals surface area contributed by atoms with E-state index in [1.54, 1.807) is 0 Å². The third-order valence-electron chi connectivity index (χ3n) is 4.38. The number of H-pyrrole nitrogens is 1. The first kappa shape index (κ1) is 18.8. The number of hydrogen-bond acceptors (Lipinski definition) is 4. The summed E-state index contributed by atoms with van der Waals surface area (Å²) in [5, 5.41) is 2.71. The Morgan fingerprint density at radius 2 is 2.08 bits per heavy atom. The van der Waals surface area contributed by atoms with E-state index in [0.717, 1.165) is 12.0 Å². The van der Waals surface area contributed by atoms with Crippen LogP contribution in [0, 0.1) is 0 Å². The van der Waals surface area contributed by atoms with Gasteiger partial charge in [0.15, 0.2) is 0 Å². The molecule has 0 radical (unpaired) electrons. The van der Waals surface area contributed by atoms with Crippen molar-refractivity contribution in [3.8, 4) is 0 Å². The van der Waals surface area contributed by atoms with Crippen molar-refractivity contribution in [2.75, 3.05) is 0 Å². The van der Waals surface area contributed by atoms with Crippen LogP contribution in [0.1, 0.15) is 41.9 Å². The fourth-order valence-corrected chi connectivity index (χ4v) is 4.07. The summed E-state index contributed by atoms with van der Waals surface area (Å²) in [7, 11) is 0. The van der Waals surface area contributed by atoms with E-state index in [0.29, 0.717) is 13.0 Å². The first-order chi connectivity index (χ1) is 12.5. The molecule has 8 heteroatoms. The minimum Gasteiger partial charge on any atom is -0.354 e. The molecule has 3 atom stereocenters. The van der Waals surface area contributed by atoms with Gasteiger partial charge in [0.05, 0.1) is 6.10 Å². The summed E-state index contributed by atoms with van der Waals surface area (Å²) in [5.41, 5.74) is -0.454. The van der Waals surface area contributed by atoms with Crippen molar-refractivity contribution >= 4 is 28.5 Å². The van der Waals surface area contributed by atoms with E-state index in [1.165, 1.54) is 10.8 Å². The van der Waals surface area contributed by atoms with E-state index in [4.69, 9.17) is 4.74 Å². The van der Waals surface area contributed by atoms with Gasteiger partial charge in [0.25, 0.3) is 11.5 Å². The second kappa shape index (κ2) is 8.17. The maximum absolute atomic E-state index is 12.4. The maximum Gasteiger partial charge on any atom is 0.330 e. The molecular formula is C18H20IN3O4. The number of ether oxygens (including phenoxy) is 1. The average molecular weight is 469 g/mol. The highest BCUT2D eigenvalue weighted by molar-refractivity contribution is 14.1. The first-order valence-electron chi connectivity index (χ1n) is 8.46. The van der Waals surface area contributed by atoms with E-state index in [2.05, 4.69) is 32.9 Å². The van der Waals surface area contributed by atoms with Gasteiger partial charge in [-0.05, 0) is 12.0 Å². The molecule has 0 bridgehead atoms. The molecule has 1 aromatic carbocycles. The normalized spacial score (nSPS) is 22.3. The topological polar surface area (TPSA) is 93.2 Å². The van der Waals surface area contributed by atoms with Gasteiger partial charge in [-0.25, -0.2) is 4.79 Å². The number of nitrogens with zero attached hydrogens (tertiary/aromatic N) is 1. The zero-order chi connectivity index (χ0) is 18.7. The molecule has 1 fully saturated rings. The van der Waals surface area contributed by atoms with Gasteiger partial charge in [-0.1, -0.05) is 59.8 Å². The van der Waals surface area contributed by atoms with Crippen LogP contribution in [0.15, 0.2) is 46.1 Å². The average Bonchev–Trinajstić information content (AvgIpc) is 3.01. The second-order valence-electron chi connectivity index (χ2n) is 6.17. The van der Waals surface area contributed by atoms with Crippen LogP contribution in [0.4, 0.5) is 0 Å². The van der Waals surface area contributed by atoms with Crippen LogP contribution in [-0.2, 0) is 11.3 Å². The fraction of sp³-hybridized carbons (Fsp3) is 0.389. The molecule has 3 rings (SSSR count). The van der Waals surface area contributed by atoms with Gasteiger partial charge in [-0.15, -0.1) is 0 Å². The number of aromatic nitrogens is 2. The summed E-state index contributed by atoms with van der Waals surface area (Å²) >= 11 is 2.30. The van der Waals surface area contributed by atoms with Crippen molar-refractivity contribution in [3.05, 3.63) is 68.5 Å². The lowest BCUT2D eigenvalue weighted by Crippen LogP contribution is -2.38. The van der Waals surface area contributed by atoms with Crippen molar-refractivity contribution in [2.45, 2.75) is 42.6 Å². The number of nitrogens with one attached hydrogen (secondary N) is 2. The second-order valence-corrected chi connectivity index (χ2v) is 7.77. The molecule has 0 saturated carbocycles. The predicted molar refractivity (Wildman–Crippen MR) is 106 cm³/mol. The van der Waals surface area contributed by atoms with Crippen molar-refractivity contribution in [2.24, 2.45) is 0 Å². The standard InChI is InChI=1S/C18H20IN3O4/c1-2-14-13(19)8-15(26-14)22-10-12(17(24)21-18(22)25)16(23)20-9-11-6-4-3-5-7-11/h3-7,10,13-15H,2,8-9H2,1H3,(H,20,23)(H,21,24,25)/t13?,14-,15-/m1/s1. The lowest BCUT2D eigenvalue weighted by Gasteiger charge is -2.15. The molecule has 0 spiro atoms. The Balaban J connectivity index is 1.81. The van der Waals surface area contributed by atoms with Gasteiger partial charge >= 0.3 is 5.69 Å². The molecule has 1 aliphatic heterocycles. The molecule has 26 heavy (non-hydrogen) atoms. The highest BCUT2D eigenvalue weighted by Gasteiger charge is 2.34. The smallest absolute Gasteiger partial charge is 0.330 e. The molecule has 0 aliphatic carbocycles. The van der Waals surface area contributed by atoms with Crippen LogP contribution < -0.4 is 16.6 Å². The largest absolute Gasteiger partial charge is 0.354 e. The van der Waals surface area contributed by atoms with E-state index in [-0.39, 0.29) is 15.6 Å². The Bertz CT molecular complexity index is 893. The van der Waals surface area contributed by atoms with Gasteiger partial charge < -0.3 is 10.1 Å². The third kappa shape index (κ3) is 4.07. The highest BCUT2D eigenvalue weighted by atomic mass is 127. The van der Waals surface area contributed by atoms with E-state index < -0.39 is 23.4 Å². The quantitative estimate of drug-likeness (QED) is 0.518. The molecule has 1 aliphatic rings. The van der Waals surface area contributed by atoms with Gasteiger partial charge in [0, 0.05) is 23.1 Å². The van der Waals surface area contributed by atoms with Crippen molar-refractivity contribution in [1.29, 1.82) is 0 Å². The molecule has 2 aromatic rings. The Morgan fingerprint density at radius 3 is 2.73 bits per heavy atom. The number of hydrogen-bond donors (Lipinski definition) is 2. The Labute approximate surface area is 163 Å². The van der Waals surface area contributed by atoms with E-state index >= 15 is 0 Å². The summed E-state index contributed by atoms with van der Waals surface area (Å²) in [6.07, 6.45) is 2.36. The number of carbonyl (C=O) groups is 1. The molecule has 1 saturated heterocycles. The zero-order valence-electron chi connectivity index (χ0n) is 14.3. The van der Waals surface area contributed by atoms with Gasteiger partial charge in [-0.3, -0.25) is 19.1 Å². The monoisotopic (exact) mass is 469 g/mol. The van der Waals surface area contributed by atoms with Crippen LogP contribution in [0.3, 0.4) is 0 Å². The molecule has 2 heterocycles. The minimum atomic E-state index is -0.701. The van der Waals surface area contributed by atoms with E-state index in [1.807, 2.05) is 37.3 Å². The number of alkyl halides is 1. The van der Waals surface area contributed by atoms with Gasteiger partial charge in [0.1, 0.15) is 11.8 Å². The summed E-state index contributed by atoms with van der Waals surface area (Å²) in [4.78, 5) is 38.9. The van der Waals surface area contributed by atoms with E-state index in [9.17, 15) is 14.4 Å². The summed E-state index contributed by atoms with van der Waals surface area (Å²) in [6, 6.07) is 9.39. The Morgan fingerprint density at radius 1 is 1.35 bits per heavy atom. The van der Waals surface area contributed by atoms with Gasteiger partial charge in [0.2, 0.25) is 0 Å². The molecule has 2 N–H and O–H groups in total. The first-order valence-corrected chi connectivity index (χ1v) is 9.71. The summed E-state index contributed by atoms with van der Waals surface area (Å²) in [5.74, 6) is -0.528. The third-order valence-corrected chi connectivity index (χ3v) is 5.69. The van der Waals surface area contributed by atoms with Crippen molar-refractivity contribution < 1.29 is 9.53 Å². The van der Waals surface area contributed by atoms with Crippen LogP contribution in [-0.4, -0.2) is 25.5 Å². The molecule has 1 unspecified atom stereocenters. The summed E-state index contributed by atoms with van der Waals surface area (Å²) < 4.78 is 7.48. The number of halogens is 1. The van der Waals surface area contributed by atoms with Crippen LogP contribution in [0.25, 0.3) is 0 Å². The van der Waals surface area contributed by atoms with Crippen LogP contribution in [0.2, 0.25) is 0 Å². The molecule has 1 amide bonds. The fourth-order valence-electron chi connectivity index (χ4n) is 2.95. The molecule has 138 valence electrons. The molecular weight excluding hydrogens is 449 g/mol. The maximum atomic E-state index is 12.4. The Hall–Kier alpha value is -1.94. The van der Waals surface area contributed by atoms with Crippen LogP contribution in [0.5, 0.6) is 0 Å². The number of benzene rings is 1. The molecule has 1 aromatic heterocycles. The lowest BCUT2D eigenvalue weighted by atomic mass is 10.2. The predicted octanol–water partition coefficient (Wildman–Crippen LogP) is 1.97. The van der Waals surface area contributed by atoms with Crippen molar-refractivity contribution in [3.63, 3.8) is 0 Å². The number of rotatable bonds is 5. The summed E-state index contributed by atoms with van der Waals surface area (Å²) in [6.45, 7) is 2.32. The van der Waals surface area contributed by atoms with Crippen LogP contribution >= 0.6 is 22.6 Å². The SMILES string of the molecule is CC[C@H]1O[C@@H](n2cc(C(=O)NCc3ccccc3)c(=O)[nH]c2=O)CC1I. The number of carbonyl (C=O) groups excluding carboxylic acids is 1. The minimum absolute atomic E-state index is 0.0507. The van der Waals surface area contributed by atoms with Crippen molar-refractivity contribution in [1.82, 2.24) is 14.9 Å². The highest BCUT2D eigenvalue weighted by Crippen LogP contribution is 2.34. The number of aromatic amines is 1. The zero-order valence-corrected chi connectivity index (χ0v) is 16.4. The molecule has 7 nitrogen and oxygen atoms in total.